The molecule has 0 aromatic heterocycles. The van der Waals surface area contributed by atoms with Crippen LogP contribution in [0.5, 0.6) is 5.75 Å². The van der Waals surface area contributed by atoms with Crippen LogP contribution >= 0.6 is 23.2 Å². The number of benzene rings is 1. The number of hydrogen-bond acceptors (Lipinski definition) is 3. The normalized spacial score (nSPS) is 12.7. The fraction of sp³-hybridized carbons (Fsp3) is 0.500. The first-order valence-corrected chi connectivity index (χ1v) is 8.59. The van der Waals surface area contributed by atoms with Gasteiger partial charge in [-0.25, -0.2) is 5.01 Å². The van der Waals surface area contributed by atoms with E-state index >= 15 is 0 Å². The average molecular weight is 375 g/mol. The lowest BCUT2D eigenvalue weighted by atomic mass is 9.98. The number of nitrogens with zero attached hydrogens (tertiary/aromatic N) is 2. The van der Waals surface area contributed by atoms with Gasteiger partial charge in [-0.2, -0.15) is 5.48 Å². The fourth-order valence-corrected chi connectivity index (χ4v) is 2.57. The molecule has 0 aliphatic heterocycles. The summed E-state index contributed by atoms with van der Waals surface area (Å²) < 4.78 is 0. The van der Waals surface area contributed by atoms with Gasteiger partial charge in [0.1, 0.15) is 0 Å². The predicted octanol–water partition coefficient (Wildman–Crippen LogP) is 3.88. The topological polar surface area (TPSA) is 79.9 Å². The van der Waals surface area contributed by atoms with Gasteiger partial charge in [-0.15, -0.1) is 5.10 Å². The largest absolute Gasteiger partial charge is 0.377 e. The van der Waals surface area contributed by atoms with E-state index in [1.807, 2.05) is 19.9 Å². The van der Waals surface area contributed by atoms with Gasteiger partial charge in [-0.1, -0.05) is 44.0 Å². The highest BCUT2D eigenvalue weighted by Gasteiger charge is 2.16. The van der Waals surface area contributed by atoms with Crippen molar-refractivity contribution in [3.63, 3.8) is 0 Å². The summed E-state index contributed by atoms with van der Waals surface area (Å²) in [5.74, 6) is 0.398. The molecule has 0 radical (unpaired) electrons. The van der Waals surface area contributed by atoms with Crippen molar-refractivity contribution in [1.29, 1.82) is 0 Å². The Labute approximate surface area is 152 Å². The van der Waals surface area contributed by atoms with Crippen LogP contribution in [0.4, 0.5) is 0 Å². The monoisotopic (exact) mass is 374 g/mol. The molecule has 1 atom stereocenters. The molecule has 134 valence electrons. The molecular weight excluding hydrogens is 351 g/mol. The Balaban J connectivity index is 2.95. The van der Waals surface area contributed by atoms with E-state index in [1.165, 1.54) is 11.9 Å². The van der Waals surface area contributed by atoms with Gasteiger partial charge in [0, 0.05) is 24.1 Å². The van der Waals surface area contributed by atoms with Gasteiger partial charge in [0.2, 0.25) is 11.9 Å². The molecule has 3 N–H and O–H groups in total. The number of halogens is 2. The van der Waals surface area contributed by atoms with Crippen LogP contribution in [0.15, 0.2) is 17.2 Å². The third-order valence-corrected chi connectivity index (χ3v) is 3.96. The highest BCUT2D eigenvalue weighted by Crippen LogP contribution is 2.37. The Morgan fingerprint density at radius 1 is 1.42 bits per heavy atom. The quantitative estimate of drug-likeness (QED) is 0.431. The minimum Gasteiger partial charge on any atom is -0.377 e. The summed E-state index contributed by atoms with van der Waals surface area (Å²) in [5.41, 5.74) is 9.18. The van der Waals surface area contributed by atoms with Crippen LogP contribution in [0.3, 0.4) is 0 Å². The predicted molar refractivity (Wildman–Crippen MR) is 98.2 cm³/mol. The molecule has 8 heteroatoms. The van der Waals surface area contributed by atoms with E-state index in [1.54, 1.807) is 6.07 Å². The van der Waals surface area contributed by atoms with Gasteiger partial charge in [0.05, 0.1) is 5.02 Å². The van der Waals surface area contributed by atoms with Gasteiger partial charge >= 0.3 is 0 Å². The third kappa shape index (κ3) is 5.76. The third-order valence-electron chi connectivity index (χ3n) is 3.47. The van der Waals surface area contributed by atoms with E-state index in [4.69, 9.17) is 33.8 Å². The lowest BCUT2D eigenvalue weighted by Crippen LogP contribution is -2.38. The van der Waals surface area contributed by atoms with Crippen molar-refractivity contribution >= 4 is 35.1 Å². The minimum atomic E-state index is -0.202. The molecule has 6 nitrogen and oxygen atoms in total. The summed E-state index contributed by atoms with van der Waals surface area (Å²) in [6, 6.07) is 3.41. The molecule has 0 fully saturated rings. The maximum atomic E-state index is 11.5. The summed E-state index contributed by atoms with van der Waals surface area (Å²) in [6.07, 6.45) is 1.66. The number of hydrazone groups is 1. The first-order chi connectivity index (χ1) is 11.3. The number of carbonyl (C=O) groups excluding carboxylic acids is 1. The molecule has 24 heavy (non-hydrogen) atoms. The molecule has 0 aliphatic rings. The van der Waals surface area contributed by atoms with Crippen molar-refractivity contribution in [3.8, 4) is 5.75 Å². The molecule has 0 saturated carbocycles. The molecule has 1 aromatic rings. The summed E-state index contributed by atoms with van der Waals surface area (Å²) >= 11 is 12.3. The Morgan fingerprint density at radius 3 is 2.62 bits per heavy atom. The highest BCUT2D eigenvalue weighted by molar-refractivity contribution is 6.35. The standard InChI is InChI=1S/C16H24Cl2N4O2/c1-5-7-22(11(4)23)20-16(19)21-24-15-13(10(3)6-2)8-12(17)9-14(15)18/h8-10H,5-7H2,1-4H3,(H3,19,20,21). The summed E-state index contributed by atoms with van der Waals surface area (Å²) in [6.45, 7) is 7.94. The molecule has 0 heterocycles. The Bertz CT molecular complexity index is 608. The summed E-state index contributed by atoms with van der Waals surface area (Å²) in [5, 5.41) is 6.17. The Morgan fingerprint density at radius 2 is 2.08 bits per heavy atom. The number of rotatable bonds is 7. The van der Waals surface area contributed by atoms with Crippen LogP contribution in [-0.2, 0) is 4.79 Å². The first kappa shape index (κ1) is 20.4. The van der Waals surface area contributed by atoms with Crippen LogP contribution in [0.2, 0.25) is 10.0 Å². The number of hydroxylamine groups is 1. The molecule has 0 spiro atoms. The van der Waals surface area contributed by atoms with E-state index in [9.17, 15) is 4.79 Å². The smallest absolute Gasteiger partial charge is 0.245 e. The maximum Gasteiger partial charge on any atom is 0.245 e. The Kier molecular flexibility index (Phi) is 8.15. The second-order valence-electron chi connectivity index (χ2n) is 5.45. The van der Waals surface area contributed by atoms with Gasteiger partial charge in [-0.3, -0.25) is 4.79 Å². The maximum absolute atomic E-state index is 11.5. The van der Waals surface area contributed by atoms with E-state index in [2.05, 4.69) is 17.5 Å². The highest BCUT2D eigenvalue weighted by atomic mass is 35.5. The van der Waals surface area contributed by atoms with Crippen LogP contribution < -0.4 is 16.1 Å². The zero-order chi connectivity index (χ0) is 18.3. The van der Waals surface area contributed by atoms with E-state index in [0.717, 1.165) is 18.4 Å². The van der Waals surface area contributed by atoms with Crippen molar-refractivity contribution in [3.05, 3.63) is 27.7 Å². The average Bonchev–Trinajstić information content (AvgIpc) is 2.52. The molecule has 0 bridgehead atoms. The van der Waals surface area contributed by atoms with Crippen molar-refractivity contribution < 1.29 is 9.63 Å². The van der Waals surface area contributed by atoms with Crippen molar-refractivity contribution in [2.24, 2.45) is 10.8 Å². The van der Waals surface area contributed by atoms with Gasteiger partial charge in [-0.05, 0) is 30.9 Å². The first-order valence-electron chi connectivity index (χ1n) is 7.84. The van der Waals surface area contributed by atoms with Crippen LogP contribution in [0.1, 0.15) is 52.0 Å². The number of nitrogens with one attached hydrogen (secondary N) is 1. The van der Waals surface area contributed by atoms with E-state index in [0.29, 0.717) is 22.3 Å². The molecule has 1 rings (SSSR count). The van der Waals surface area contributed by atoms with Gasteiger partial charge < -0.3 is 10.6 Å². The molecule has 1 aromatic carbocycles. The van der Waals surface area contributed by atoms with Crippen LogP contribution in [0, 0.1) is 0 Å². The number of guanidine groups is 1. The lowest BCUT2D eigenvalue weighted by molar-refractivity contribution is -0.128. The zero-order valence-corrected chi connectivity index (χ0v) is 15.9. The Hall–Kier alpha value is -1.66. The van der Waals surface area contributed by atoms with Crippen LogP contribution in [-0.4, -0.2) is 23.4 Å². The molecule has 1 amide bonds. The van der Waals surface area contributed by atoms with Gasteiger partial charge in [0.25, 0.3) is 0 Å². The summed E-state index contributed by atoms with van der Waals surface area (Å²) in [7, 11) is 0. The van der Waals surface area contributed by atoms with E-state index < -0.39 is 0 Å². The lowest BCUT2D eigenvalue weighted by Gasteiger charge is -2.19. The molecular formula is C16H24Cl2N4O2. The number of amides is 1. The van der Waals surface area contributed by atoms with Crippen molar-refractivity contribution in [2.75, 3.05) is 6.54 Å². The molecule has 1 unspecified atom stereocenters. The molecule has 0 aliphatic carbocycles. The number of carbonyl (C=O) groups is 1. The number of nitrogens with two attached hydrogens (primary N) is 1. The minimum absolute atomic E-state index is 0.0419. The SMILES string of the molecule is CCCN(N=C(N)NOc1c(Cl)cc(Cl)cc1C(C)CC)C(C)=O. The number of hydrogen-bond donors (Lipinski definition) is 2. The fourth-order valence-electron chi connectivity index (χ4n) is 2.02. The van der Waals surface area contributed by atoms with Crippen LogP contribution in [0.25, 0.3) is 0 Å². The van der Waals surface area contributed by atoms with Gasteiger partial charge in [0.15, 0.2) is 5.75 Å². The van der Waals surface area contributed by atoms with Crippen molar-refractivity contribution in [2.45, 2.75) is 46.5 Å². The van der Waals surface area contributed by atoms with Crippen molar-refractivity contribution in [1.82, 2.24) is 10.5 Å². The zero-order valence-electron chi connectivity index (χ0n) is 14.4. The molecule has 0 saturated heterocycles. The summed E-state index contributed by atoms with van der Waals surface area (Å²) in [4.78, 5) is 17.0. The second kappa shape index (κ2) is 9.59. The second-order valence-corrected chi connectivity index (χ2v) is 6.29. The van der Waals surface area contributed by atoms with E-state index in [-0.39, 0.29) is 17.8 Å².